The highest BCUT2D eigenvalue weighted by Gasteiger charge is 2.27. The van der Waals surface area contributed by atoms with Gasteiger partial charge in [0.2, 0.25) is 6.93 Å². The number of carbonyl (C=O) groups excluding carboxylic acids is 1. The van der Waals surface area contributed by atoms with E-state index in [0.717, 1.165) is 6.42 Å². The molecule has 0 spiro atoms. The molecule has 0 saturated heterocycles. The van der Waals surface area contributed by atoms with Gasteiger partial charge in [0.05, 0.1) is 0 Å². The minimum Gasteiger partial charge on any atom is -0.352 e. The normalized spacial score (nSPS) is 16.0. The van der Waals surface area contributed by atoms with Crippen molar-refractivity contribution in [1.82, 2.24) is 5.32 Å². The van der Waals surface area contributed by atoms with E-state index in [1.54, 1.807) is 12.1 Å². The van der Waals surface area contributed by atoms with Crippen molar-refractivity contribution in [3.8, 4) is 0 Å². The van der Waals surface area contributed by atoms with Gasteiger partial charge in [-0.15, -0.1) is 0 Å². The standard InChI is InChI=1S/C15H20FNO.CH2F2/c1-15(7-2-3-8-15)9-10-17-14(18)12-5-4-6-13(16)11-12;2-1-3/h4-6,11H,2-3,7-10H2,1H3,(H,17,18);1H2. The molecule has 2 nitrogen and oxygen atoms in total. The van der Waals surface area contributed by atoms with Crippen LogP contribution >= 0.6 is 0 Å². The zero-order valence-corrected chi connectivity index (χ0v) is 12.3. The molecule has 1 aromatic rings. The third-order valence-electron chi connectivity index (χ3n) is 3.91. The molecule has 0 bridgehead atoms. The van der Waals surface area contributed by atoms with Crippen molar-refractivity contribution in [3.05, 3.63) is 35.6 Å². The van der Waals surface area contributed by atoms with Crippen LogP contribution in [-0.4, -0.2) is 19.4 Å². The molecular weight excluding hydrogens is 279 g/mol. The third-order valence-corrected chi connectivity index (χ3v) is 3.91. The van der Waals surface area contributed by atoms with Crippen LogP contribution in [0.25, 0.3) is 0 Å². The Labute approximate surface area is 123 Å². The molecule has 0 heterocycles. The fourth-order valence-electron chi connectivity index (χ4n) is 2.69. The Bertz CT molecular complexity index is 445. The van der Waals surface area contributed by atoms with Gasteiger partial charge in [0.15, 0.2) is 0 Å². The second kappa shape index (κ2) is 8.70. The number of amides is 1. The maximum Gasteiger partial charge on any atom is 0.251 e. The summed E-state index contributed by atoms with van der Waals surface area (Å²) in [5.41, 5.74) is 0.779. The van der Waals surface area contributed by atoms with Crippen molar-refractivity contribution in [2.24, 2.45) is 5.41 Å². The van der Waals surface area contributed by atoms with Crippen LogP contribution in [0.4, 0.5) is 13.2 Å². The molecule has 0 radical (unpaired) electrons. The van der Waals surface area contributed by atoms with Crippen molar-refractivity contribution in [2.45, 2.75) is 39.0 Å². The van der Waals surface area contributed by atoms with Crippen LogP contribution in [0.15, 0.2) is 24.3 Å². The molecule has 1 aliphatic rings. The maximum atomic E-state index is 13.0. The van der Waals surface area contributed by atoms with E-state index in [1.807, 2.05) is 0 Å². The average Bonchev–Trinajstić information content (AvgIpc) is 2.86. The van der Waals surface area contributed by atoms with Gasteiger partial charge in [0, 0.05) is 12.1 Å². The van der Waals surface area contributed by atoms with Gasteiger partial charge in [0.1, 0.15) is 5.82 Å². The summed E-state index contributed by atoms with van der Waals surface area (Å²) < 4.78 is 32.2. The van der Waals surface area contributed by atoms with Gasteiger partial charge in [0.25, 0.3) is 5.91 Å². The lowest BCUT2D eigenvalue weighted by atomic mass is 9.85. The van der Waals surface area contributed by atoms with Gasteiger partial charge >= 0.3 is 0 Å². The molecule has 0 aromatic heterocycles. The lowest BCUT2D eigenvalue weighted by Crippen LogP contribution is -2.28. The van der Waals surface area contributed by atoms with Crippen LogP contribution in [0.2, 0.25) is 0 Å². The van der Waals surface area contributed by atoms with Crippen LogP contribution in [0.3, 0.4) is 0 Å². The topological polar surface area (TPSA) is 29.1 Å². The lowest BCUT2D eigenvalue weighted by Gasteiger charge is -2.23. The zero-order chi connectivity index (χ0) is 15.7. The van der Waals surface area contributed by atoms with E-state index in [2.05, 4.69) is 12.2 Å². The third kappa shape index (κ3) is 6.19. The largest absolute Gasteiger partial charge is 0.352 e. The van der Waals surface area contributed by atoms with Crippen molar-refractivity contribution in [1.29, 1.82) is 0 Å². The molecule has 1 fully saturated rings. The molecule has 1 aliphatic carbocycles. The summed E-state index contributed by atoms with van der Waals surface area (Å²) in [5, 5.41) is 2.87. The number of nitrogens with one attached hydrogen (secondary N) is 1. The second-order valence-electron chi connectivity index (χ2n) is 5.64. The first kappa shape index (κ1) is 17.5. The fraction of sp³-hybridized carbons (Fsp3) is 0.562. The molecule has 5 heteroatoms. The first-order valence-electron chi connectivity index (χ1n) is 7.16. The Balaban J connectivity index is 0.000000677. The van der Waals surface area contributed by atoms with E-state index in [1.165, 1.54) is 37.8 Å². The van der Waals surface area contributed by atoms with Crippen molar-refractivity contribution < 1.29 is 18.0 Å². The van der Waals surface area contributed by atoms with E-state index < -0.39 is 6.93 Å². The summed E-state index contributed by atoms with van der Waals surface area (Å²) in [6.07, 6.45) is 6.11. The maximum absolute atomic E-state index is 13.0. The van der Waals surface area contributed by atoms with Crippen LogP contribution in [0.1, 0.15) is 49.4 Å². The van der Waals surface area contributed by atoms with Crippen LogP contribution in [0.5, 0.6) is 0 Å². The lowest BCUT2D eigenvalue weighted by molar-refractivity contribution is 0.0947. The minimum atomic E-state index is -1.75. The number of hydrogen-bond donors (Lipinski definition) is 1. The number of halogens is 3. The molecule has 0 atom stereocenters. The van der Waals surface area contributed by atoms with Gasteiger partial charge in [-0.1, -0.05) is 25.8 Å². The summed E-state index contributed by atoms with van der Waals surface area (Å²) in [6.45, 7) is 1.21. The highest BCUT2D eigenvalue weighted by Crippen LogP contribution is 2.39. The summed E-state index contributed by atoms with van der Waals surface area (Å²) in [7, 11) is 0. The van der Waals surface area contributed by atoms with Crippen molar-refractivity contribution >= 4 is 5.91 Å². The van der Waals surface area contributed by atoms with Crippen LogP contribution in [-0.2, 0) is 0 Å². The molecule has 1 amide bonds. The molecular formula is C16H22F3NO. The predicted octanol–water partition coefficient (Wildman–Crippen LogP) is 4.41. The van der Waals surface area contributed by atoms with Gasteiger partial charge in [-0.25, -0.2) is 13.2 Å². The Morgan fingerprint density at radius 1 is 1.29 bits per heavy atom. The summed E-state index contributed by atoms with van der Waals surface area (Å²) in [4.78, 5) is 11.8. The monoisotopic (exact) mass is 301 g/mol. The number of carbonyl (C=O) groups is 1. The molecule has 0 unspecified atom stereocenters. The SMILES string of the molecule is CC1(CCNC(=O)c2cccc(F)c2)CCCC1.FCF. The van der Waals surface area contributed by atoms with Gasteiger partial charge in [-0.05, 0) is 42.9 Å². The van der Waals surface area contributed by atoms with Gasteiger partial charge in [-0.2, -0.15) is 0 Å². The molecule has 118 valence electrons. The summed E-state index contributed by atoms with van der Waals surface area (Å²) >= 11 is 0. The molecule has 2 rings (SSSR count). The molecule has 21 heavy (non-hydrogen) atoms. The van der Waals surface area contributed by atoms with E-state index >= 15 is 0 Å². The van der Waals surface area contributed by atoms with Crippen LogP contribution in [0, 0.1) is 11.2 Å². The van der Waals surface area contributed by atoms with E-state index in [9.17, 15) is 18.0 Å². The van der Waals surface area contributed by atoms with E-state index in [4.69, 9.17) is 0 Å². The highest BCUT2D eigenvalue weighted by molar-refractivity contribution is 5.94. The Hall–Kier alpha value is -1.52. The molecule has 1 N–H and O–H groups in total. The Morgan fingerprint density at radius 2 is 1.90 bits per heavy atom. The van der Waals surface area contributed by atoms with Gasteiger partial charge < -0.3 is 5.32 Å². The van der Waals surface area contributed by atoms with E-state index in [-0.39, 0.29) is 11.7 Å². The van der Waals surface area contributed by atoms with Crippen LogP contribution < -0.4 is 5.32 Å². The van der Waals surface area contributed by atoms with Gasteiger partial charge in [-0.3, -0.25) is 4.79 Å². The number of hydrogen-bond acceptors (Lipinski definition) is 1. The predicted molar refractivity (Wildman–Crippen MR) is 77.0 cm³/mol. The zero-order valence-electron chi connectivity index (χ0n) is 12.3. The summed E-state index contributed by atoms with van der Waals surface area (Å²) in [5.74, 6) is -0.554. The fourth-order valence-corrected chi connectivity index (χ4v) is 2.69. The first-order valence-corrected chi connectivity index (χ1v) is 7.16. The quantitative estimate of drug-likeness (QED) is 0.877. The van der Waals surface area contributed by atoms with E-state index in [0.29, 0.717) is 17.5 Å². The van der Waals surface area contributed by atoms with Crippen molar-refractivity contribution in [2.75, 3.05) is 13.5 Å². The number of benzene rings is 1. The average molecular weight is 301 g/mol. The smallest absolute Gasteiger partial charge is 0.251 e. The Kier molecular flexibility index (Phi) is 7.26. The second-order valence-corrected chi connectivity index (χ2v) is 5.64. The Morgan fingerprint density at radius 3 is 2.48 bits per heavy atom. The summed E-state index contributed by atoms with van der Waals surface area (Å²) in [6, 6.07) is 5.81. The minimum absolute atomic E-state index is 0.184. The number of rotatable bonds is 4. The van der Waals surface area contributed by atoms with Crippen molar-refractivity contribution in [3.63, 3.8) is 0 Å². The first-order chi connectivity index (χ1) is 10.0. The molecule has 1 aromatic carbocycles. The highest BCUT2D eigenvalue weighted by atomic mass is 19.3. The molecule has 1 saturated carbocycles. The number of alkyl halides is 2. The molecule has 0 aliphatic heterocycles.